The van der Waals surface area contributed by atoms with Crippen LogP contribution in [0.15, 0.2) is 29.2 Å². The lowest BCUT2D eigenvalue weighted by molar-refractivity contribution is -0.0979. The zero-order chi connectivity index (χ0) is 7.98. The van der Waals surface area contributed by atoms with E-state index >= 15 is 0 Å². The molecular formula is C7H8O2S. The van der Waals surface area contributed by atoms with Crippen LogP contribution in [0.1, 0.15) is 0 Å². The highest BCUT2D eigenvalue weighted by molar-refractivity contribution is 7.80. The van der Waals surface area contributed by atoms with Gasteiger partial charge in [-0.1, -0.05) is 6.07 Å². The first-order chi connectivity index (χ1) is 4.79. The maximum atomic E-state index is 8.76. The number of carbonyl (C=O) groups excluding carboxylic acids is 1. The average molecular weight is 156 g/mol. The van der Waals surface area contributed by atoms with Gasteiger partial charge in [-0.15, -0.1) is 12.6 Å². The number of aromatic hydroxyl groups is 1. The summed E-state index contributed by atoms with van der Waals surface area (Å²) in [6.07, 6.45) is 0. The number of rotatable bonds is 0. The molecule has 3 heteroatoms. The molecule has 0 fully saturated rings. The van der Waals surface area contributed by atoms with E-state index in [1.165, 1.54) is 0 Å². The van der Waals surface area contributed by atoms with Crippen LogP contribution in [0.25, 0.3) is 0 Å². The number of phenolic OH excluding ortho intramolecular Hbond substituents is 1. The zero-order valence-electron chi connectivity index (χ0n) is 5.32. The lowest BCUT2D eigenvalue weighted by atomic mass is 10.3. The molecule has 0 atom stereocenters. The van der Waals surface area contributed by atoms with E-state index in [0.29, 0.717) is 0 Å². The Morgan fingerprint density at radius 3 is 2.30 bits per heavy atom. The third-order valence-corrected chi connectivity index (χ3v) is 1.11. The van der Waals surface area contributed by atoms with Crippen LogP contribution in [0.5, 0.6) is 5.75 Å². The molecule has 1 aromatic rings. The van der Waals surface area contributed by atoms with Crippen molar-refractivity contribution in [1.29, 1.82) is 0 Å². The number of carbonyl (C=O) groups is 1. The summed E-state index contributed by atoms with van der Waals surface area (Å²) in [4.78, 5) is 8.78. The van der Waals surface area contributed by atoms with Crippen molar-refractivity contribution in [3.8, 4) is 5.75 Å². The van der Waals surface area contributed by atoms with Crippen LogP contribution in [0.4, 0.5) is 0 Å². The van der Waals surface area contributed by atoms with Crippen molar-refractivity contribution in [1.82, 2.24) is 0 Å². The number of phenols is 1. The molecule has 10 heavy (non-hydrogen) atoms. The van der Waals surface area contributed by atoms with Gasteiger partial charge in [-0.05, 0) is 18.2 Å². The van der Waals surface area contributed by atoms with Gasteiger partial charge in [-0.2, -0.15) is 0 Å². The maximum absolute atomic E-state index is 8.76. The molecule has 0 saturated heterocycles. The Morgan fingerprint density at radius 1 is 1.40 bits per heavy atom. The molecule has 0 spiro atoms. The van der Waals surface area contributed by atoms with Crippen molar-refractivity contribution in [2.24, 2.45) is 0 Å². The van der Waals surface area contributed by atoms with Crippen LogP contribution in [-0.2, 0) is 4.79 Å². The average Bonchev–Trinajstić information content (AvgIpc) is 1.91. The molecule has 1 aromatic carbocycles. The Morgan fingerprint density at radius 2 is 2.00 bits per heavy atom. The van der Waals surface area contributed by atoms with Crippen molar-refractivity contribution < 1.29 is 9.90 Å². The molecular weight excluding hydrogens is 148 g/mol. The molecule has 0 aliphatic carbocycles. The standard InChI is InChI=1S/C6H6OS.CH2O/c7-5-2-1-3-6(8)4-5;1-2/h1-4,7-8H;1H2. The Labute approximate surface area is 64.9 Å². The monoisotopic (exact) mass is 156 g/mol. The first-order valence-electron chi connectivity index (χ1n) is 2.56. The van der Waals surface area contributed by atoms with Crippen molar-refractivity contribution in [3.63, 3.8) is 0 Å². The van der Waals surface area contributed by atoms with Crippen molar-refractivity contribution in [2.45, 2.75) is 4.90 Å². The molecule has 0 aliphatic rings. The highest BCUT2D eigenvalue weighted by atomic mass is 32.1. The van der Waals surface area contributed by atoms with Crippen LogP contribution < -0.4 is 0 Å². The zero-order valence-corrected chi connectivity index (χ0v) is 6.21. The van der Waals surface area contributed by atoms with Gasteiger partial charge in [-0.3, -0.25) is 0 Å². The largest absolute Gasteiger partial charge is 0.508 e. The lowest BCUT2D eigenvalue weighted by Gasteiger charge is -1.89. The van der Waals surface area contributed by atoms with Crippen LogP contribution >= 0.6 is 12.6 Å². The van der Waals surface area contributed by atoms with Gasteiger partial charge >= 0.3 is 0 Å². The molecule has 0 unspecified atom stereocenters. The summed E-state index contributed by atoms with van der Waals surface area (Å²) in [7, 11) is 0. The van der Waals surface area contributed by atoms with Crippen molar-refractivity contribution in [2.75, 3.05) is 0 Å². The molecule has 0 aromatic heterocycles. The first kappa shape index (κ1) is 9.04. The van der Waals surface area contributed by atoms with Crippen molar-refractivity contribution >= 4 is 19.4 Å². The summed E-state index contributed by atoms with van der Waals surface area (Å²) in [5.74, 6) is 0.262. The predicted octanol–water partition coefficient (Wildman–Crippen LogP) is 1.50. The molecule has 1 N–H and O–H groups in total. The maximum Gasteiger partial charge on any atom is 0.116 e. The van der Waals surface area contributed by atoms with Crippen LogP contribution in [0.3, 0.4) is 0 Å². The predicted molar refractivity (Wildman–Crippen MR) is 42.5 cm³/mol. The summed E-state index contributed by atoms with van der Waals surface area (Å²) >= 11 is 3.99. The van der Waals surface area contributed by atoms with E-state index in [4.69, 9.17) is 9.90 Å². The molecule has 0 saturated carbocycles. The van der Waals surface area contributed by atoms with Crippen LogP contribution in [-0.4, -0.2) is 11.9 Å². The molecule has 1 rings (SSSR count). The molecule has 0 bridgehead atoms. The summed E-state index contributed by atoms with van der Waals surface area (Å²) in [6.45, 7) is 2.00. The fourth-order valence-electron chi connectivity index (χ4n) is 0.493. The third-order valence-electron chi connectivity index (χ3n) is 0.830. The number of thiol groups is 1. The van der Waals surface area contributed by atoms with Gasteiger partial charge in [0.2, 0.25) is 0 Å². The summed E-state index contributed by atoms with van der Waals surface area (Å²) in [5.41, 5.74) is 0. The summed E-state index contributed by atoms with van der Waals surface area (Å²) in [5, 5.41) is 8.76. The van der Waals surface area contributed by atoms with Gasteiger partial charge in [0, 0.05) is 4.90 Å². The first-order valence-corrected chi connectivity index (χ1v) is 3.00. The van der Waals surface area contributed by atoms with E-state index in [1.807, 2.05) is 12.9 Å². The van der Waals surface area contributed by atoms with Gasteiger partial charge in [-0.25, -0.2) is 0 Å². The Bertz CT molecular complexity index is 183. The normalized spacial score (nSPS) is 7.70. The highest BCUT2D eigenvalue weighted by Gasteiger charge is 1.83. The fourth-order valence-corrected chi connectivity index (χ4v) is 0.711. The lowest BCUT2D eigenvalue weighted by Crippen LogP contribution is -1.62. The summed E-state index contributed by atoms with van der Waals surface area (Å²) < 4.78 is 0. The quantitative estimate of drug-likeness (QED) is 0.558. The van der Waals surface area contributed by atoms with E-state index in [-0.39, 0.29) is 5.75 Å². The van der Waals surface area contributed by atoms with E-state index in [0.717, 1.165) is 4.90 Å². The second-order valence-electron chi connectivity index (χ2n) is 1.52. The minimum Gasteiger partial charge on any atom is -0.508 e. The number of benzene rings is 1. The molecule has 0 aliphatic heterocycles. The molecule has 2 nitrogen and oxygen atoms in total. The van der Waals surface area contributed by atoms with E-state index < -0.39 is 0 Å². The number of hydrogen-bond acceptors (Lipinski definition) is 3. The van der Waals surface area contributed by atoms with Gasteiger partial charge in [0.1, 0.15) is 12.5 Å². The third kappa shape index (κ3) is 3.14. The smallest absolute Gasteiger partial charge is 0.116 e. The minimum atomic E-state index is 0.262. The van der Waals surface area contributed by atoms with E-state index in [1.54, 1.807) is 18.2 Å². The molecule has 0 amide bonds. The van der Waals surface area contributed by atoms with E-state index in [9.17, 15) is 0 Å². The second-order valence-corrected chi connectivity index (χ2v) is 2.04. The fraction of sp³-hybridized carbons (Fsp3) is 0. The van der Waals surface area contributed by atoms with Crippen LogP contribution in [0, 0.1) is 0 Å². The molecule has 0 heterocycles. The Kier molecular flexibility index (Phi) is 4.41. The van der Waals surface area contributed by atoms with Crippen LogP contribution in [0.2, 0.25) is 0 Å². The van der Waals surface area contributed by atoms with Gasteiger partial charge < -0.3 is 9.90 Å². The second kappa shape index (κ2) is 4.88. The highest BCUT2D eigenvalue weighted by Crippen LogP contribution is 2.12. The van der Waals surface area contributed by atoms with E-state index in [2.05, 4.69) is 12.6 Å². The molecule has 0 radical (unpaired) electrons. The van der Waals surface area contributed by atoms with Gasteiger partial charge in [0.15, 0.2) is 0 Å². The number of hydrogen-bond donors (Lipinski definition) is 2. The topological polar surface area (TPSA) is 37.3 Å². The van der Waals surface area contributed by atoms with Gasteiger partial charge in [0.25, 0.3) is 0 Å². The Balaban J connectivity index is 0.000000371. The minimum absolute atomic E-state index is 0.262. The van der Waals surface area contributed by atoms with Crippen molar-refractivity contribution in [3.05, 3.63) is 24.3 Å². The SMILES string of the molecule is C=O.Oc1cccc(S)c1. The summed E-state index contributed by atoms with van der Waals surface area (Å²) in [6, 6.07) is 6.75. The Hall–Kier alpha value is -0.960. The van der Waals surface area contributed by atoms with Gasteiger partial charge in [0.05, 0.1) is 0 Å². The molecule has 54 valence electrons.